The van der Waals surface area contributed by atoms with E-state index in [4.69, 9.17) is 4.74 Å². The highest BCUT2D eigenvalue weighted by atomic mass is 19.4. The van der Waals surface area contributed by atoms with Crippen molar-refractivity contribution in [2.75, 3.05) is 25.5 Å². The first-order valence-electron chi connectivity index (χ1n) is 10.3. The van der Waals surface area contributed by atoms with Crippen molar-refractivity contribution in [3.05, 3.63) is 48.7 Å². The molecular weight excluding hydrogens is 437 g/mol. The average Bonchev–Trinajstić information content (AvgIpc) is 3.45. The quantitative estimate of drug-likeness (QED) is 0.491. The Kier molecular flexibility index (Phi) is 5.16. The molecule has 1 fully saturated rings. The average molecular weight is 458 g/mol. The molecule has 0 bridgehead atoms. The molecule has 1 aliphatic heterocycles. The molecular formula is C21H21F3N8O. The van der Waals surface area contributed by atoms with Crippen molar-refractivity contribution in [1.29, 1.82) is 0 Å². The molecule has 1 N–H and O–H groups in total. The number of hydrogen-bond donors (Lipinski definition) is 1. The number of ether oxygens (including phenoxy) is 1. The lowest BCUT2D eigenvalue weighted by atomic mass is 10.1. The summed E-state index contributed by atoms with van der Waals surface area (Å²) in [6.07, 6.45) is 0.994. The van der Waals surface area contributed by atoms with Crippen LogP contribution in [0.25, 0.3) is 16.8 Å². The van der Waals surface area contributed by atoms with Gasteiger partial charge >= 0.3 is 6.18 Å². The molecule has 0 amide bonds. The van der Waals surface area contributed by atoms with Gasteiger partial charge in [0.1, 0.15) is 17.6 Å². The molecule has 4 aromatic rings. The molecule has 12 heteroatoms. The van der Waals surface area contributed by atoms with Gasteiger partial charge in [-0.15, -0.1) is 0 Å². The van der Waals surface area contributed by atoms with Gasteiger partial charge in [0.15, 0.2) is 11.6 Å². The van der Waals surface area contributed by atoms with Crippen LogP contribution in [0.5, 0.6) is 5.75 Å². The number of pyridine rings is 1. The highest BCUT2D eigenvalue weighted by Crippen LogP contribution is 2.32. The van der Waals surface area contributed by atoms with Crippen molar-refractivity contribution in [1.82, 2.24) is 34.3 Å². The van der Waals surface area contributed by atoms with E-state index in [0.717, 1.165) is 42.5 Å². The second-order valence-corrected chi connectivity index (χ2v) is 7.97. The summed E-state index contributed by atoms with van der Waals surface area (Å²) >= 11 is 0. The minimum Gasteiger partial charge on any atom is -0.485 e. The number of fused-ring (bicyclic) bond motifs is 1. The van der Waals surface area contributed by atoms with Crippen LogP contribution in [0.4, 0.5) is 24.8 Å². The third-order valence-electron chi connectivity index (χ3n) is 5.45. The van der Waals surface area contributed by atoms with E-state index in [9.17, 15) is 13.2 Å². The highest BCUT2D eigenvalue weighted by Gasteiger charge is 2.34. The molecule has 0 unspecified atom stereocenters. The third-order valence-corrected chi connectivity index (χ3v) is 5.45. The van der Waals surface area contributed by atoms with Crippen molar-refractivity contribution >= 4 is 17.2 Å². The summed E-state index contributed by atoms with van der Waals surface area (Å²) in [5.41, 5.74) is 2.47. The van der Waals surface area contributed by atoms with Gasteiger partial charge in [0, 0.05) is 44.2 Å². The monoisotopic (exact) mass is 458 g/mol. The smallest absolute Gasteiger partial charge is 0.451 e. The van der Waals surface area contributed by atoms with E-state index in [1.54, 1.807) is 27.7 Å². The van der Waals surface area contributed by atoms with Gasteiger partial charge in [-0.1, -0.05) is 0 Å². The molecule has 0 aliphatic carbocycles. The zero-order valence-electron chi connectivity index (χ0n) is 17.9. The number of hydrogen-bond acceptors (Lipinski definition) is 7. The molecule has 1 saturated heterocycles. The Bertz CT molecular complexity index is 1300. The van der Waals surface area contributed by atoms with Crippen LogP contribution in [0.2, 0.25) is 0 Å². The summed E-state index contributed by atoms with van der Waals surface area (Å²) in [5, 5.41) is 11.5. The number of likely N-dealkylation sites (tertiary alicyclic amines) is 1. The van der Waals surface area contributed by atoms with E-state index in [1.807, 2.05) is 19.2 Å². The number of aromatic nitrogens is 6. The van der Waals surface area contributed by atoms with E-state index >= 15 is 0 Å². The summed E-state index contributed by atoms with van der Waals surface area (Å²) < 4.78 is 48.2. The number of nitrogens with zero attached hydrogens (tertiary/aromatic N) is 7. The van der Waals surface area contributed by atoms with E-state index in [2.05, 4.69) is 37.4 Å². The lowest BCUT2D eigenvalue weighted by Gasteiger charge is -2.14. The maximum atomic E-state index is 12.9. The fraction of sp³-hybridized carbons (Fsp3) is 0.333. The topological polar surface area (TPSA) is 85.4 Å². The molecule has 172 valence electrons. The van der Waals surface area contributed by atoms with Gasteiger partial charge in [-0.25, -0.2) is 14.5 Å². The zero-order valence-corrected chi connectivity index (χ0v) is 17.9. The van der Waals surface area contributed by atoms with Crippen LogP contribution >= 0.6 is 0 Å². The van der Waals surface area contributed by atoms with Crippen LogP contribution in [0.3, 0.4) is 0 Å². The molecule has 0 saturated carbocycles. The number of aryl methyl sites for hydroxylation is 1. The molecule has 0 aromatic carbocycles. The van der Waals surface area contributed by atoms with Crippen molar-refractivity contribution in [2.45, 2.75) is 18.7 Å². The largest absolute Gasteiger partial charge is 0.485 e. The molecule has 0 radical (unpaired) electrons. The Morgan fingerprint density at radius 3 is 2.76 bits per heavy atom. The van der Waals surface area contributed by atoms with Crippen LogP contribution < -0.4 is 10.1 Å². The predicted molar refractivity (Wildman–Crippen MR) is 114 cm³/mol. The van der Waals surface area contributed by atoms with Gasteiger partial charge < -0.3 is 15.0 Å². The fourth-order valence-electron chi connectivity index (χ4n) is 3.90. The SMILES string of the molecule is CN1CC[C@H](Oc2cnn(C)c2-c2ccn3nc(Nc4ccnc(C(F)(F)F)n4)cc3c2)C1. The van der Waals surface area contributed by atoms with Gasteiger partial charge in [-0.3, -0.25) is 4.68 Å². The fourth-order valence-corrected chi connectivity index (χ4v) is 3.90. The van der Waals surface area contributed by atoms with Crippen molar-refractivity contribution in [2.24, 2.45) is 7.05 Å². The summed E-state index contributed by atoms with van der Waals surface area (Å²) in [7, 11) is 3.92. The van der Waals surface area contributed by atoms with E-state index in [1.165, 1.54) is 6.07 Å². The van der Waals surface area contributed by atoms with Crippen LogP contribution in [-0.4, -0.2) is 60.5 Å². The van der Waals surface area contributed by atoms with Crippen molar-refractivity contribution < 1.29 is 17.9 Å². The van der Waals surface area contributed by atoms with Crippen LogP contribution in [0.15, 0.2) is 42.9 Å². The molecule has 1 aliphatic rings. The first-order chi connectivity index (χ1) is 15.8. The second-order valence-electron chi connectivity index (χ2n) is 7.97. The third kappa shape index (κ3) is 4.33. The molecule has 5 heterocycles. The first kappa shape index (κ1) is 21.2. The normalized spacial score (nSPS) is 17.1. The summed E-state index contributed by atoms with van der Waals surface area (Å²) in [6, 6.07) is 6.89. The number of alkyl halides is 3. The Morgan fingerprint density at radius 2 is 2.00 bits per heavy atom. The number of nitrogens with one attached hydrogen (secondary N) is 1. The Morgan fingerprint density at radius 1 is 1.15 bits per heavy atom. The minimum atomic E-state index is -4.62. The highest BCUT2D eigenvalue weighted by molar-refractivity contribution is 5.72. The lowest BCUT2D eigenvalue weighted by molar-refractivity contribution is -0.144. The first-order valence-corrected chi connectivity index (χ1v) is 10.3. The van der Waals surface area contributed by atoms with Gasteiger partial charge in [0.25, 0.3) is 0 Å². The standard InChI is InChI=1S/C21H21F3N8O/c1-30-7-5-15(12-30)33-16-11-26-31(2)19(16)13-4-8-32-14(9-13)10-18(29-32)27-17-3-6-25-20(28-17)21(22,23)24/h3-4,6,8-11,15H,5,7,12H2,1-2H3,(H,25,27,28,29)/t15-/m0/s1. The molecule has 1 atom stereocenters. The van der Waals surface area contributed by atoms with Gasteiger partial charge in [-0.05, 0) is 31.7 Å². The maximum absolute atomic E-state index is 12.9. The second kappa shape index (κ2) is 8.03. The molecule has 9 nitrogen and oxygen atoms in total. The minimum absolute atomic E-state index is 0.00445. The zero-order chi connectivity index (χ0) is 23.2. The number of rotatable bonds is 5. The van der Waals surface area contributed by atoms with E-state index in [-0.39, 0.29) is 11.9 Å². The summed E-state index contributed by atoms with van der Waals surface area (Å²) in [4.78, 5) is 9.01. The molecule has 0 spiro atoms. The van der Waals surface area contributed by atoms with Crippen molar-refractivity contribution in [3.63, 3.8) is 0 Å². The predicted octanol–water partition coefficient (Wildman–Crippen LogP) is 3.37. The summed E-state index contributed by atoms with van der Waals surface area (Å²) in [5.74, 6) is -0.143. The maximum Gasteiger partial charge on any atom is 0.451 e. The van der Waals surface area contributed by atoms with E-state index < -0.39 is 12.0 Å². The number of likely N-dealkylation sites (N-methyl/N-ethyl adjacent to an activating group) is 1. The van der Waals surface area contributed by atoms with Gasteiger partial charge in [-0.2, -0.15) is 23.4 Å². The Balaban J connectivity index is 1.41. The van der Waals surface area contributed by atoms with Gasteiger partial charge in [0.2, 0.25) is 5.82 Å². The summed E-state index contributed by atoms with van der Waals surface area (Å²) in [6.45, 7) is 1.86. The molecule has 33 heavy (non-hydrogen) atoms. The van der Waals surface area contributed by atoms with Crippen LogP contribution in [-0.2, 0) is 13.2 Å². The van der Waals surface area contributed by atoms with Crippen LogP contribution in [0, 0.1) is 0 Å². The van der Waals surface area contributed by atoms with E-state index in [0.29, 0.717) is 11.6 Å². The number of anilines is 2. The molecule has 5 rings (SSSR count). The number of halogens is 3. The van der Waals surface area contributed by atoms with Gasteiger partial charge in [0.05, 0.1) is 11.7 Å². The molecule has 4 aromatic heterocycles. The van der Waals surface area contributed by atoms with Crippen molar-refractivity contribution in [3.8, 4) is 17.0 Å². The lowest BCUT2D eigenvalue weighted by Crippen LogP contribution is -2.21. The van der Waals surface area contributed by atoms with Crippen LogP contribution in [0.1, 0.15) is 12.2 Å². The Labute approximate surface area is 186 Å². The Hall–Kier alpha value is -3.67.